The second-order valence-corrected chi connectivity index (χ2v) is 6.20. The van der Waals surface area contributed by atoms with Gasteiger partial charge in [0, 0.05) is 36.6 Å². The lowest BCUT2D eigenvalue weighted by molar-refractivity contribution is -0.385. The molecule has 0 N–H and O–H groups in total. The molecule has 0 aliphatic carbocycles. The van der Waals surface area contributed by atoms with E-state index >= 15 is 0 Å². The Morgan fingerprint density at radius 2 is 1.96 bits per heavy atom. The number of halogens is 1. The van der Waals surface area contributed by atoms with Crippen molar-refractivity contribution in [2.45, 2.75) is 20.1 Å². The molecule has 0 bridgehead atoms. The molecule has 144 valence electrons. The van der Waals surface area contributed by atoms with Crippen LogP contribution in [0.4, 0.5) is 5.69 Å². The number of nitrogens with zero attached hydrogens (tertiary/aromatic N) is 3. The third-order valence-corrected chi connectivity index (χ3v) is 4.14. The summed E-state index contributed by atoms with van der Waals surface area (Å²) < 4.78 is 11.0. The van der Waals surface area contributed by atoms with E-state index in [1.165, 1.54) is 32.0 Å². The van der Waals surface area contributed by atoms with Crippen LogP contribution in [-0.2, 0) is 14.3 Å². The minimum atomic E-state index is -1.11. The van der Waals surface area contributed by atoms with Gasteiger partial charge in [-0.15, -0.1) is 5.10 Å². The van der Waals surface area contributed by atoms with E-state index in [2.05, 4.69) is 5.10 Å². The zero-order chi connectivity index (χ0) is 20.4. The first-order valence-electron chi connectivity index (χ1n) is 8.04. The van der Waals surface area contributed by atoms with Crippen molar-refractivity contribution >= 4 is 35.1 Å². The Morgan fingerprint density at radius 1 is 1.25 bits per heavy atom. The van der Waals surface area contributed by atoms with Crippen molar-refractivity contribution in [3.63, 3.8) is 0 Å². The summed E-state index contributed by atoms with van der Waals surface area (Å²) in [7, 11) is 0. The number of amides is 1. The van der Waals surface area contributed by atoms with E-state index in [9.17, 15) is 19.7 Å². The number of carbonyl (C=O) groups excluding carboxylic acids is 2. The maximum Gasteiger partial charge on any atom is 0.308 e. The van der Waals surface area contributed by atoms with Gasteiger partial charge in [-0.2, -0.15) is 5.01 Å². The third-order valence-electron chi connectivity index (χ3n) is 3.79. The van der Waals surface area contributed by atoms with E-state index in [1.807, 2.05) is 0 Å². The summed E-state index contributed by atoms with van der Waals surface area (Å²) in [6.45, 7) is 2.52. The molecule has 28 heavy (non-hydrogen) atoms. The summed E-state index contributed by atoms with van der Waals surface area (Å²) in [4.78, 5) is 33.9. The lowest BCUT2D eigenvalue weighted by Crippen LogP contribution is -2.25. The predicted octanol–water partition coefficient (Wildman–Crippen LogP) is 3.41. The summed E-state index contributed by atoms with van der Waals surface area (Å²) in [6.07, 6.45) is -1.11. The van der Waals surface area contributed by atoms with Crippen molar-refractivity contribution in [1.29, 1.82) is 0 Å². The largest absolute Gasteiger partial charge is 0.446 e. The van der Waals surface area contributed by atoms with Crippen LogP contribution >= 0.6 is 11.6 Å². The molecule has 1 aliphatic rings. The topological polar surface area (TPSA) is 111 Å². The second-order valence-electron chi connectivity index (χ2n) is 5.79. The number of rotatable bonds is 4. The van der Waals surface area contributed by atoms with Gasteiger partial charge in [0.1, 0.15) is 5.75 Å². The standard InChI is InChI=1S/C18H14ClN3O6/c1-10(23)21-18(14-9-12(22(25)26)7-8-15(14)19)28-17(20-21)13-5-3-4-6-16(13)27-11(2)24/h3-9,18H,1-2H3. The molecule has 1 amide bonds. The smallest absolute Gasteiger partial charge is 0.308 e. The van der Waals surface area contributed by atoms with Gasteiger partial charge in [-0.05, 0) is 18.2 Å². The molecule has 0 saturated heterocycles. The first-order valence-corrected chi connectivity index (χ1v) is 8.42. The van der Waals surface area contributed by atoms with Crippen LogP contribution < -0.4 is 4.74 Å². The number of ether oxygens (including phenoxy) is 2. The molecular weight excluding hydrogens is 390 g/mol. The summed E-state index contributed by atoms with van der Waals surface area (Å²) in [5.74, 6) is -0.789. The van der Waals surface area contributed by atoms with Gasteiger partial charge < -0.3 is 9.47 Å². The highest BCUT2D eigenvalue weighted by molar-refractivity contribution is 6.31. The minimum absolute atomic E-state index is 0.0135. The van der Waals surface area contributed by atoms with Gasteiger partial charge in [-0.3, -0.25) is 19.7 Å². The van der Waals surface area contributed by atoms with Crippen molar-refractivity contribution in [2.24, 2.45) is 5.10 Å². The summed E-state index contributed by atoms with van der Waals surface area (Å²) >= 11 is 6.18. The van der Waals surface area contributed by atoms with Crippen molar-refractivity contribution in [2.75, 3.05) is 0 Å². The van der Waals surface area contributed by atoms with Crippen LogP contribution in [-0.4, -0.2) is 27.7 Å². The Morgan fingerprint density at radius 3 is 2.61 bits per heavy atom. The van der Waals surface area contributed by atoms with Gasteiger partial charge in [-0.25, -0.2) is 0 Å². The fraction of sp³-hybridized carbons (Fsp3) is 0.167. The quantitative estimate of drug-likeness (QED) is 0.334. The van der Waals surface area contributed by atoms with Gasteiger partial charge in [0.25, 0.3) is 5.69 Å². The zero-order valence-corrected chi connectivity index (χ0v) is 15.5. The lowest BCUT2D eigenvalue weighted by atomic mass is 10.1. The highest BCUT2D eigenvalue weighted by Crippen LogP contribution is 2.37. The monoisotopic (exact) mass is 403 g/mol. The van der Waals surface area contributed by atoms with Gasteiger partial charge in [-0.1, -0.05) is 23.7 Å². The molecule has 0 aromatic heterocycles. The number of hydrogen-bond donors (Lipinski definition) is 0. The number of hydrogen-bond acceptors (Lipinski definition) is 7. The Labute approximate surface area is 164 Å². The van der Waals surface area contributed by atoms with Crippen molar-refractivity contribution < 1.29 is 24.0 Å². The molecular formula is C18H14ClN3O6. The van der Waals surface area contributed by atoms with Crippen LogP contribution in [0.15, 0.2) is 47.6 Å². The van der Waals surface area contributed by atoms with Crippen molar-refractivity contribution in [1.82, 2.24) is 5.01 Å². The molecule has 2 aromatic rings. The molecule has 9 nitrogen and oxygen atoms in total. The Balaban J connectivity index is 2.03. The number of nitro groups is 1. The number of hydrazone groups is 1. The first kappa shape index (κ1) is 19.3. The SMILES string of the molecule is CC(=O)Oc1ccccc1C1=NN(C(C)=O)C(c2cc([N+](=O)[O-])ccc2Cl)O1. The van der Waals surface area contributed by atoms with Crippen molar-refractivity contribution in [3.8, 4) is 5.75 Å². The van der Waals surface area contributed by atoms with E-state index in [0.29, 0.717) is 5.56 Å². The molecule has 2 aromatic carbocycles. The van der Waals surface area contributed by atoms with Crippen LogP contribution in [0.1, 0.15) is 31.2 Å². The fourth-order valence-electron chi connectivity index (χ4n) is 2.60. The molecule has 1 atom stereocenters. The van der Waals surface area contributed by atoms with E-state index < -0.39 is 23.0 Å². The van der Waals surface area contributed by atoms with Gasteiger partial charge in [0.05, 0.1) is 10.5 Å². The summed E-state index contributed by atoms with van der Waals surface area (Å²) in [5, 5.41) is 16.4. The molecule has 10 heteroatoms. The number of benzene rings is 2. The Bertz CT molecular complexity index is 1010. The normalized spacial score (nSPS) is 15.6. The van der Waals surface area contributed by atoms with E-state index in [1.54, 1.807) is 24.3 Å². The highest BCUT2D eigenvalue weighted by atomic mass is 35.5. The van der Waals surface area contributed by atoms with Gasteiger partial charge in [0.15, 0.2) is 0 Å². The molecule has 3 rings (SSSR count). The second kappa shape index (κ2) is 7.65. The van der Waals surface area contributed by atoms with Crippen LogP contribution in [0.2, 0.25) is 5.02 Å². The zero-order valence-electron chi connectivity index (χ0n) is 14.8. The molecule has 1 unspecified atom stereocenters. The molecule has 0 fully saturated rings. The van der Waals surface area contributed by atoms with Crippen LogP contribution in [0.3, 0.4) is 0 Å². The average molecular weight is 404 g/mol. The molecule has 0 radical (unpaired) electrons. The van der Waals surface area contributed by atoms with Gasteiger partial charge in [0.2, 0.25) is 18.0 Å². The van der Waals surface area contributed by atoms with Gasteiger partial charge >= 0.3 is 5.97 Å². The number of para-hydroxylation sites is 1. The average Bonchev–Trinajstić information content (AvgIpc) is 3.07. The van der Waals surface area contributed by atoms with E-state index in [4.69, 9.17) is 21.1 Å². The van der Waals surface area contributed by atoms with Crippen molar-refractivity contribution in [3.05, 3.63) is 68.7 Å². The van der Waals surface area contributed by atoms with E-state index in [-0.39, 0.29) is 27.9 Å². The Hall–Kier alpha value is -3.46. The summed E-state index contributed by atoms with van der Waals surface area (Å²) in [5.41, 5.74) is 0.336. The molecule has 0 saturated carbocycles. The van der Waals surface area contributed by atoms with Crippen LogP contribution in [0, 0.1) is 10.1 Å². The summed E-state index contributed by atoms with van der Waals surface area (Å²) in [6, 6.07) is 10.3. The lowest BCUT2D eigenvalue weighted by Gasteiger charge is -2.20. The number of carbonyl (C=O) groups is 2. The predicted molar refractivity (Wildman–Crippen MR) is 98.7 cm³/mol. The fourth-order valence-corrected chi connectivity index (χ4v) is 2.81. The van der Waals surface area contributed by atoms with E-state index in [0.717, 1.165) is 5.01 Å². The highest BCUT2D eigenvalue weighted by Gasteiger charge is 2.36. The Kier molecular flexibility index (Phi) is 5.27. The number of esters is 1. The molecule has 0 spiro atoms. The van der Waals surface area contributed by atoms with Crippen LogP contribution in [0.5, 0.6) is 5.75 Å². The first-order chi connectivity index (χ1) is 13.3. The molecule has 1 aliphatic heterocycles. The number of nitro benzene ring substituents is 1. The minimum Gasteiger partial charge on any atom is -0.446 e. The molecule has 1 heterocycles. The van der Waals surface area contributed by atoms with Crippen LogP contribution in [0.25, 0.3) is 0 Å². The number of non-ortho nitro benzene ring substituents is 1. The maximum atomic E-state index is 12.1. The third kappa shape index (κ3) is 3.79. The maximum absolute atomic E-state index is 12.1.